The maximum atomic E-state index is 13.4. The van der Waals surface area contributed by atoms with Gasteiger partial charge >= 0.3 is 0 Å². The molecule has 1 aliphatic rings. The molecule has 29 heavy (non-hydrogen) atoms. The number of hydrogen-bond acceptors (Lipinski definition) is 5. The number of ether oxygens (including phenoxy) is 1. The zero-order valence-corrected chi connectivity index (χ0v) is 15.4. The average molecular weight is 393 g/mol. The first-order valence-corrected chi connectivity index (χ1v) is 9.32. The van der Waals surface area contributed by atoms with E-state index in [9.17, 15) is 8.78 Å². The molecule has 2 aromatic carbocycles. The molecule has 0 atom stereocenters. The molecule has 0 spiro atoms. The van der Waals surface area contributed by atoms with Crippen LogP contribution in [0.1, 0.15) is 11.1 Å². The molecule has 0 radical (unpaired) electrons. The van der Waals surface area contributed by atoms with Gasteiger partial charge in [0.15, 0.2) is 23.1 Å². The van der Waals surface area contributed by atoms with Crippen molar-refractivity contribution in [2.45, 2.75) is 12.8 Å². The number of rotatable bonds is 5. The third-order valence-corrected chi connectivity index (χ3v) is 4.99. The molecular formula is C21H17F2N5O. The van der Waals surface area contributed by atoms with Crippen molar-refractivity contribution >= 4 is 11.3 Å². The summed E-state index contributed by atoms with van der Waals surface area (Å²) >= 11 is 0. The van der Waals surface area contributed by atoms with E-state index in [2.05, 4.69) is 32.6 Å². The number of aromatic nitrogens is 4. The Morgan fingerprint density at radius 3 is 2.86 bits per heavy atom. The number of fused-ring (bicyclic) bond motifs is 2. The molecule has 1 N–H and O–H groups in total. The molecule has 0 fully saturated rings. The second kappa shape index (κ2) is 7.12. The molecule has 4 aromatic rings. The van der Waals surface area contributed by atoms with Crippen LogP contribution in [-0.2, 0) is 12.8 Å². The Balaban J connectivity index is 1.42. The van der Waals surface area contributed by atoms with Gasteiger partial charge in [-0.2, -0.15) is 0 Å². The topological polar surface area (TPSA) is 64.3 Å². The normalized spacial score (nSPS) is 12.8. The molecule has 146 valence electrons. The lowest BCUT2D eigenvalue weighted by Gasteiger charge is -2.10. The van der Waals surface area contributed by atoms with E-state index in [0.29, 0.717) is 29.3 Å². The Bertz CT molecular complexity index is 1210. The first kappa shape index (κ1) is 17.5. The zero-order valence-electron chi connectivity index (χ0n) is 15.4. The number of benzene rings is 2. The molecular weight excluding hydrogens is 376 g/mol. The highest BCUT2D eigenvalue weighted by atomic mass is 19.2. The molecule has 8 heteroatoms. The first-order valence-electron chi connectivity index (χ1n) is 9.32. The second-order valence-corrected chi connectivity index (χ2v) is 6.86. The largest absolute Gasteiger partial charge is 0.477 e. The Hall–Kier alpha value is -3.55. The maximum absolute atomic E-state index is 13.4. The molecule has 2 aromatic heterocycles. The van der Waals surface area contributed by atoms with Gasteiger partial charge in [-0.25, -0.2) is 13.2 Å². The quantitative estimate of drug-likeness (QED) is 0.561. The minimum atomic E-state index is -0.863. The second-order valence-electron chi connectivity index (χ2n) is 6.86. The van der Waals surface area contributed by atoms with E-state index in [0.717, 1.165) is 30.3 Å². The summed E-state index contributed by atoms with van der Waals surface area (Å²) in [5.74, 6) is -0.584. The van der Waals surface area contributed by atoms with Crippen LogP contribution in [0.15, 0.2) is 48.8 Å². The summed E-state index contributed by atoms with van der Waals surface area (Å²) in [5, 5.41) is 11.9. The van der Waals surface area contributed by atoms with Crippen LogP contribution in [0.25, 0.3) is 17.0 Å². The number of halogens is 2. The van der Waals surface area contributed by atoms with E-state index in [1.165, 1.54) is 11.6 Å². The van der Waals surface area contributed by atoms with E-state index < -0.39 is 11.6 Å². The molecule has 6 nitrogen and oxygen atoms in total. The van der Waals surface area contributed by atoms with Crippen LogP contribution in [0.5, 0.6) is 5.88 Å². The van der Waals surface area contributed by atoms with Gasteiger partial charge in [0.05, 0.1) is 19.0 Å². The zero-order chi connectivity index (χ0) is 19.8. The van der Waals surface area contributed by atoms with Gasteiger partial charge in [0.2, 0.25) is 5.88 Å². The van der Waals surface area contributed by atoms with Gasteiger partial charge in [0.1, 0.15) is 0 Å². The van der Waals surface area contributed by atoms with Crippen molar-refractivity contribution in [1.29, 1.82) is 0 Å². The Morgan fingerprint density at radius 2 is 1.97 bits per heavy atom. The third-order valence-electron chi connectivity index (χ3n) is 4.99. The third kappa shape index (κ3) is 3.26. The SMILES string of the molecule is Fc1ccc(CCOc2cncc3nnc(-c4ccc5c(c4)NCC5)n23)cc1F. The van der Waals surface area contributed by atoms with Gasteiger partial charge in [-0.1, -0.05) is 18.2 Å². The first-order chi connectivity index (χ1) is 14.2. The minimum Gasteiger partial charge on any atom is -0.477 e. The number of anilines is 1. The summed E-state index contributed by atoms with van der Waals surface area (Å²) < 4.78 is 34.2. The van der Waals surface area contributed by atoms with Crippen molar-refractivity contribution in [3.8, 4) is 17.3 Å². The Morgan fingerprint density at radius 1 is 1.03 bits per heavy atom. The lowest BCUT2D eigenvalue weighted by atomic mass is 10.1. The fraction of sp³-hybridized carbons (Fsp3) is 0.190. The van der Waals surface area contributed by atoms with Crippen molar-refractivity contribution in [2.24, 2.45) is 0 Å². The van der Waals surface area contributed by atoms with Gasteiger partial charge in [-0.15, -0.1) is 10.2 Å². The highest BCUT2D eigenvalue weighted by Crippen LogP contribution is 2.29. The Kier molecular flexibility index (Phi) is 4.31. The van der Waals surface area contributed by atoms with E-state index in [1.807, 2.05) is 6.07 Å². The summed E-state index contributed by atoms with van der Waals surface area (Å²) in [6, 6.07) is 10.0. The molecule has 0 unspecified atom stereocenters. The van der Waals surface area contributed by atoms with Crippen LogP contribution in [0.3, 0.4) is 0 Å². The summed E-state index contributed by atoms with van der Waals surface area (Å²) in [6.45, 7) is 1.21. The monoisotopic (exact) mass is 393 g/mol. The molecule has 0 bridgehead atoms. The van der Waals surface area contributed by atoms with E-state index in [1.54, 1.807) is 22.9 Å². The minimum absolute atomic E-state index is 0.273. The van der Waals surface area contributed by atoms with Gasteiger partial charge in [-0.3, -0.25) is 4.98 Å². The summed E-state index contributed by atoms with van der Waals surface area (Å²) in [7, 11) is 0. The lowest BCUT2D eigenvalue weighted by molar-refractivity contribution is 0.304. The van der Waals surface area contributed by atoms with Crippen LogP contribution >= 0.6 is 0 Å². The number of nitrogens with one attached hydrogen (secondary N) is 1. The molecule has 0 saturated carbocycles. The lowest BCUT2D eigenvalue weighted by Crippen LogP contribution is -2.06. The molecule has 0 saturated heterocycles. The molecule has 1 aliphatic heterocycles. The maximum Gasteiger partial charge on any atom is 0.220 e. The van der Waals surface area contributed by atoms with Crippen molar-refractivity contribution in [2.75, 3.05) is 18.5 Å². The predicted molar refractivity (Wildman–Crippen MR) is 104 cm³/mol. The molecule has 5 rings (SSSR count). The van der Waals surface area contributed by atoms with Crippen molar-refractivity contribution in [1.82, 2.24) is 19.6 Å². The van der Waals surface area contributed by atoms with Gasteiger partial charge in [0, 0.05) is 24.2 Å². The number of nitrogens with zero attached hydrogens (tertiary/aromatic N) is 4. The van der Waals surface area contributed by atoms with Crippen molar-refractivity contribution in [3.05, 3.63) is 71.6 Å². The van der Waals surface area contributed by atoms with Gasteiger partial charge in [-0.05, 0) is 35.7 Å². The number of hydrogen-bond donors (Lipinski definition) is 1. The predicted octanol–water partition coefficient (Wildman–Crippen LogP) is 3.66. The van der Waals surface area contributed by atoms with Gasteiger partial charge < -0.3 is 10.1 Å². The summed E-state index contributed by atoms with van der Waals surface area (Å²) in [5.41, 5.74) is 4.53. The summed E-state index contributed by atoms with van der Waals surface area (Å²) in [6.07, 6.45) is 4.65. The molecule has 0 amide bonds. The van der Waals surface area contributed by atoms with E-state index >= 15 is 0 Å². The van der Waals surface area contributed by atoms with Crippen LogP contribution in [0.2, 0.25) is 0 Å². The molecule has 3 heterocycles. The van der Waals surface area contributed by atoms with Crippen LogP contribution in [0.4, 0.5) is 14.5 Å². The highest BCUT2D eigenvalue weighted by Gasteiger charge is 2.16. The smallest absolute Gasteiger partial charge is 0.220 e. The molecule has 0 aliphatic carbocycles. The van der Waals surface area contributed by atoms with Crippen molar-refractivity contribution < 1.29 is 13.5 Å². The van der Waals surface area contributed by atoms with Crippen LogP contribution in [0, 0.1) is 11.6 Å². The Labute approximate surface area is 165 Å². The van der Waals surface area contributed by atoms with E-state index in [4.69, 9.17) is 4.74 Å². The van der Waals surface area contributed by atoms with Crippen molar-refractivity contribution in [3.63, 3.8) is 0 Å². The van der Waals surface area contributed by atoms with Gasteiger partial charge in [0.25, 0.3) is 0 Å². The average Bonchev–Trinajstić information content (AvgIpc) is 3.37. The van der Waals surface area contributed by atoms with E-state index in [-0.39, 0.29) is 6.61 Å². The van der Waals surface area contributed by atoms with Crippen LogP contribution in [-0.4, -0.2) is 32.7 Å². The fourth-order valence-corrected chi connectivity index (χ4v) is 3.51. The summed E-state index contributed by atoms with van der Waals surface area (Å²) in [4.78, 5) is 4.16. The highest BCUT2D eigenvalue weighted by molar-refractivity contribution is 5.69. The van der Waals surface area contributed by atoms with Crippen LogP contribution < -0.4 is 10.1 Å². The fourth-order valence-electron chi connectivity index (χ4n) is 3.51. The standard InChI is InChI=1S/C21H17F2N5O/c22-16-4-1-13(9-17(16)23)6-8-29-20-12-24-11-19-26-27-21(28(19)20)15-3-2-14-5-7-25-18(14)10-15/h1-4,9-12,25H,5-8H2.